The van der Waals surface area contributed by atoms with E-state index >= 15 is 0 Å². The molecule has 0 bridgehead atoms. The molecule has 0 aliphatic heterocycles. The first-order valence-corrected chi connectivity index (χ1v) is 8.45. The van der Waals surface area contributed by atoms with Gasteiger partial charge in [-0.25, -0.2) is 9.78 Å². The van der Waals surface area contributed by atoms with Crippen molar-refractivity contribution in [3.05, 3.63) is 69.5 Å². The lowest BCUT2D eigenvalue weighted by atomic mass is 10.2. The summed E-state index contributed by atoms with van der Waals surface area (Å²) in [6.45, 7) is 0. The molecule has 4 aromatic rings. The fourth-order valence-corrected chi connectivity index (χ4v) is 3.49. The third-order valence-corrected chi connectivity index (χ3v) is 4.78. The molecule has 2 N–H and O–H groups in total. The van der Waals surface area contributed by atoms with Crippen molar-refractivity contribution < 1.29 is 9.21 Å². The number of rotatable bonds is 3. The van der Waals surface area contributed by atoms with E-state index < -0.39 is 11.5 Å². The quantitative estimate of drug-likeness (QED) is 0.422. The highest BCUT2D eigenvalue weighted by molar-refractivity contribution is 7.22. The van der Waals surface area contributed by atoms with Crippen LogP contribution >= 0.6 is 22.9 Å². The van der Waals surface area contributed by atoms with E-state index in [0.29, 0.717) is 26.6 Å². The Hall–Kier alpha value is -2.90. The van der Waals surface area contributed by atoms with Gasteiger partial charge < -0.3 is 4.42 Å². The summed E-state index contributed by atoms with van der Waals surface area (Å²) in [7, 11) is 0. The summed E-state index contributed by atoms with van der Waals surface area (Å²) in [4.78, 5) is 28.6. The number of aromatic nitrogens is 1. The Kier molecular flexibility index (Phi) is 3.87. The lowest BCUT2D eigenvalue weighted by molar-refractivity contribution is 0.0959. The highest BCUT2D eigenvalue weighted by Gasteiger charge is 2.14. The van der Waals surface area contributed by atoms with Gasteiger partial charge in [0, 0.05) is 5.39 Å². The van der Waals surface area contributed by atoms with Gasteiger partial charge in [-0.2, -0.15) is 0 Å². The number of hydrogen-bond acceptors (Lipinski definition) is 6. The molecule has 0 atom stereocenters. The molecule has 2 aromatic carbocycles. The molecule has 0 spiro atoms. The van der Waals surface area contributed by atoms with Crippen LogP contribution in [0.15, 0.2) is 57.7 Å². The molecule has 0 fully saturated rings. The number of amides is 1. The van der Waals surface area contributed by atoms with Gasteiger partial charge in [-0.3, -0.25) is 15.6 Å². The smallest absolute Gasteiger partial charge is 0.349 e. The summed E-state index contributed by atoms with van der Waals surface area (Å²) in [5.41, 5.74) is 5.44. The number of nitrogens with zero attached hydrogens (tertiary/aromatic N) is 1. The van der Waals surface area contributed by atoms with Crippen LogP contribution in [0, 0.1) is 0 Å². The lowest BCUT2D eigenvalue weighted by Gasteiger charge is -2.05. The van der Waals surface area contributed by atoms with Crippen molar-refractivity contribution in [2.24, 2.45) is 0 Å². The monoisotopic (exact) mass is 371 g/mol. The summed E-state index contributed by atoms with van der Waals surface area (Å²) in [6, 6.07) is 13.9. The normalized spacial score (nSPS) is 10.9. The Bertz CT molecular complexity index is 1170. The summed E-state index contributed by atoms with van der Waals surface area (Å²) in [6.07, 6.45) is 0. The zero-order valence-corrected chi connectivity index (χ0v) is 14.1. The molecule has 0 unspecified atom stereocenters. The molecule has 0 radical (unpaired) electrons. The van der Waals surface area contributed by atoms with Crippen LogP contribution in [-0.4, -0.2) is 10.9 Å². The molecule has 2 heterocycles. The van der Waals surface area contributed by atoms with E-state index in [4.69, 9.17) is 16.0 Å². The van der Waals surface area contributed by atoms with Gasteiger partial charge in [-0.05, 0) is 24.3 Å². The van der Waals surface area contributed by atoms with Crippen molar-refractivity contribution in [3.8, 4) is 0 Å². The first kappa shape index (κ1) is 15.6. The number of thiazole rings is 1. The number of carbonyl (C=O) groups excluding carboxylic acids is 1. The number of nitrogens with one attached hydrogen (secondary N) is 2. The van der Waals surface area contributed by atoms with Gasteiger partial charge in [0.15, 0.2) is 0 Å². The fraction of sp³-hybridized carbons (Fsp3) is 0. The number of anilines is 1. The van der Waals surface area contributed by atoms with E-state index in [1.54, 1.807) is 30.3 Å². The molecule has 6 nitrogen and oxygen atoms in total. The first-order chi connectivity index (χ1) is 12.1. The van der Waals surface area contributed by atoms with Gasteiger partial charge >= 0.3 is 5.63 Å². The Morgan fingerprint density at radius 3 is 2.84 bits per heavy atom. The van der Waals surface area contributed by atoms with Gasteiger partial charge in [-0.15, -0.1) is 0 Å². The van der Waals surface area contributed by atoms with E-state index in [9.17, 15) is 9.59 Å². The van der Waals surface area contributed by atoms with Gasteiger partial charge in [-0.1, -0.05) is 47.2 Å². The molecule has 1 amide bonds. The Morgan fingerprint density at radius 2 is 2.00 bits per heavy atom. The van der Waals surface area contributed by atoms with Crippen molar-refractivity contribution in [2.75, 3.05) is 5.43 Å². The second-order valence-corrected chi connectivity index (χ2v) is 6.61. The van der Waals surface area contributed by atoms with Crippen LogP contribution in [-0.2, 0) is 0 Å². The zero-order chi connectivity index (χ0) is 17.4. The molecule has 25 heavy (non-hydrogen) atoms. The maximum atomic E-state index is 12.3. The SMILES string of the molecule is O=C(NNc1nc2c(Cl)cccc2s1)c1cc2ccccc2oc1=O. The van der Waals surface area contributed by atoms with Crippen molar-refractivity contribution >= 4 is 55.2 Å². The zero-order valence-electron chi connectivity index (χ0n) is 12.6. The topological polar surface area (TPSA) is 84.2 Å². The lowest BCUT2D eigenvalue weighted by Crippen LogP contribution is -2.32. The largest absolute Gasteiger partial charge is 0.422 e. The predicted octanol–water partition coefficient (Wildman–Crippen LogP) is 3.81. The Balaban J connectivity index is 1.58. The molecule has 8 heteroatoms. The van der Waals surface area contributed by atoms with Crippen LogP contribution in [0.25, 0.3) is 21.2 Å². The molecule has 124 valence electrons. The van der Waals surface area contributed by atoms with Gasteiger partial charge in [0.1, 0.15) is 16.7 Å². The van der Waals surface area contributed by atoms with Crippen molar-refractivity contribution in [1.29, 1.82) is 0 Å². The predicted molar refractivity (Wildman–Crippen MR) is 98.2 cm³/mol. The number of hydrazine groups is 1. The second-order valence-electron chi connectivity index (χ2n) is 5.17. The summed E-state index contributed by atoms with van der Waals surface area (Å²) < 4.78 is 6.04. The molecule has 0 saturated heterocycles. The van der Waals surface area contributed by atoms with Gasteiger partial charge in [0.25, 0.3) is 5.91 Å². The van der Waals surface area contributed by atoms with E-state index in [2.05, 4.69) is 15.8 Å². The number of carbonyl (C=O) groups is 1. The van der Waals surface area contributed by atoms with E-state index in [-0.39, 0.29) is 5.56 Å². The highest BCUT2D eigenvalue weighted by atomic mass is 35.5. The fourth-order valence-electron chi connectivity index (χ4n) is 2.37. The Morgan fingerprint density at radius 1 is 1.16 bits per heavy atom. The average molecular weight is 372 g/mol. The number of benzene rings is 2. The Labute approximate surface area is 150 Å². The molecule has 0 aliphatic rings. The maximum Gasteiger partial charge on any atom is 0.349 e. The van der Waals surface area contributed by atoms with Crippen LogP contribution in [0.5, 0.6) is 0 Å². The number of halogens is 1. The highest BCUT2D eigenvalue weighted by Crippen LogP contribution is 2.30. The van der Waals surface area contributed by atoms with Crippen molar-refractivity contribution in [1.82, 2.24) is 10.4 Å². The van der Waals surface area contributed by atoms with Crippen LogP contribution in [0.4, 0.5) is 5.13 Å². The van der Waals surface area contributed by atoms with E-state index in [1.807, 2.05) is 12.1 Å². The average Bonchev–Trinajstić information content (AvgIpc) is 3.03. The van der Waals surface area contributed by atoms with Crippen molar-refractivity contribution in [2.45, 2.75) is 0 Å². The summed E-state index contributed by atoms with van der Waals surface area (Å²) in [5, 5.41) is 1.66. The third kappa shape index (κ3) is 2.95. The standard InChI is InChI=1S/C17H10ClN3O3S/c18-11-5-3-7-13-14(11)19-17(25-13)21-20-15(22)10-8-9-4-1-2-6-12(9)24-16(10)23/h1-8H,(H,19,21)(H,20,22). The van der Waals surface area contributed by atoms with Crippen LogP contribution in [0.3, 0.4) is 0 Å². The van der Waals surface area contributed by atoms with E-state index in [1.165, 1.54) is 17.4 Å². The third-order valence-electron chi connectivity index (χ3n) is 3.54. The van der Waals surface area contributed by atoms with Crippen molar-refractivity contribution in [3.63, 3.8) is 0 Å². The summed E-state index contributed by atoms with van der Waals surface area (Å²) >= 11 is 7.41. The minimum absolute atomic E-state index is 0.0923. The molecule has 2 aromatic heterocycles. The molecular formula is C17H10ClN3O3S. The molecule has 4 rings (SSSR count). The maximum absolute atomic E-state index is 12.3. The number of hydrogen-bond donors (Lipinski definition) is 2. The minimum Gasteiger partial charge on any atom is -0.422 e. The van der Waals surface area contributed by atoms with Crippen LogP contribution < -0.4 is 16.5 Å². The van der Waals surface area contributed by atoms with Gasteiger partial charge in [0.2, 0.25) is 5.13 Å². The van der Waals surface area contributed by atoms with Crippen LogP contribution in [0.2, 0.25) is 5.02 Å². The number of para-hydroxylation sites is 2. The number of fused-ring (bicyclic) bond motifs is 2. The second kappa shape index (κ2) is 6.19. The van der Waals surface area contributed by atoms with Crippen LogP contribution in [0.1, 0.15) is 10.4 Å². The molecule has 0 saturated carbocycles. The molecular weight excluding hydrogens is 362 g/mol. The minimum atomic E-state index is -0.703. The molecule has 0 aliphatic carbocycles. The summed E-state index contributed by atoms with van der Waals surface area (Å²) in [5.74, 6) is -0.607. The van der Waals surface area contributed by atoms with Gasteiger partial charge in [0.05, 0.1) is 9.72 Å². The first-order valence-electron chi connectivity index (χ1n) is 7.26. The van der Waals surface area contributed by atoms with E-state index in [0.717, 1.165) is 4.70 Å².